The Hall–Kier alpha value is -5.02. The predicted octanol–water partition coefficient (Wildman–Crippen LogP) is 4.16. The lowest BCUT2D eigenvalue weighted by atomic mass is 10.0. The van der Waals surface area contributed by atoms with Gasteiger partial charge in [0.1, 0.15) is 5.69 Å². The molecule has 0 bridgehead atoms. The Morgan fingerprint density at radius 2 is 1.84 bits per heavy atom. The Bertz CT molecular complexity index is 1840. The van der Waals surface area contributed by atoms with Crippen LogP contribution in [0.4, 0.5) is 32.0 Å². The zero-order valence-corrected chi connectivity index (χ0v) is 23.4. The third-order valence-electron chi connectivity index (χ3n) is 6.34. The Morgan fingerprint density at radius 3 is 2.44 bits per heavy atom. The van der Waals surface area contributed by atoms with Crippen LogP contribution in [0.1, 0.15) is 49.3 Å². The molecule has 0 radical (unpaired) electrons. The molecule has 19 heteroatoms. The maximum atomic E-state index is 13.7. The molecular weight excluding hydrogens is 636 g/mol. The second kappa shape index (κ2) is 11.8. The van der Waals surface area contributed by atoms with Gasteiger partial charge in [-0.2, -0.15) is 41.7 Å². The van der Waals surface area contributed by atoms with E-state index in [1.54, 1.807) is 0 Å². The van der Waals surface area contributed by atoms with E-state index in [0.717, 1.165) is 10.7 Å². The number of nitrogens with zero attached hydrogens (tertiary/aromatic N) is 7. The first-order valence-electron chi connectivity index (χ1n) is 12.7. The standard InChI is InChI=1S/C26H18ClF6N9O3/c1-12-5-13(8-34)6-16(21(43)36-15-10-45-11-15)19(12)37-22(44)18-7-14(39-42(18)20-17(27)3-2-4-35-20)9-41-24(26(31,32)33)38-23(40-41)25(28,29)30/h2-7,15H,9-11H2,1H3,(H,36,43)(H,37,44). The molecule has 0 aliphatic carbocycles. The highest BCUT2D eigenvalue weighted by atomic mass is 35.5. The molecule has 4 aromatic rings. The minimum Gasteiger partial charge on any atom is -0.377 e. The second-order valence-electron chi connectivity index (χ2n) is 9.64. The molecule has 234 valence electrons. The van der Waals surface area contributed by atoms with Gasteiger partial charge in [0.15, 0.2) is 5.82 Å². The molecule has 45 heavy (non-hydrogen) atoms. The quantitative estimate of drug-likeness (QED) is 0.282. The van der Waals surface area contributed by atoms with Crippen LogP contribution in [0.2, 0.25) is 5.02 Å². The number of pyridine rings is 1. The predicted molar refractivity (Wildman–Crippen MR) is 141 cm³/mol. The number of carbonyl (C=O) groups excluding carboxylic acids is 2. The lowest BCUT2D eigenvalue weighted by molar-refractivity contribution is -0.150. The summed E-state index contributed by atoms with van der Waals surface area (Å²) in [6.07, 6.45) is -9.29. The van der Waals surface area contributed by atoms with Gasteiger partial charge in [-0.1, -0.05) is 11.6 Å². The van der Waals surface area contributed by atoms with E-state index in [0.29, 0.717) is 5.56 Å². The van der Waals surface area contributed by atoms with Crippen molar-refractivity contribution in [2.24, 2.45) is 0 Å². The van der Waals surface area contributed by atoms with Crippen LogP contribution in [0, 0.1) is 18.3 Å². The molecule has 0 unspecified atom stereocenters. The first-order valence-corrected chi connectivity index (χ1v) is 13.1. The third-order valence-corrected chi connectivity index (χ3v) is 6.64. The SMILES string of the molecule is Cc1cc(C#N)cc(C(=O)NC2COC2)c1NC(=O)c1cc(Cn2nc(C(F)(F)F)nc2C(F)(F)F)nn1-c1ncccc1Cl. The van der Waals surface area contributed by atoms with Crippen molar-refractivity contribution in [3.05, 3.63) is 81.3 Å². The largest absolute Gasteiger partial charge is 0.453 e. The maximum absolute atomic E-state index is 13.7. The third kappa shape index (κ3) is 6.58. The van der Waals surface area contributed by atoms with Gasteiger partial charge in [-0.15, -0.1) is 5.10 Å². The minimum atomic E-state index is -5.31. The van der Waals surface area contributed by atoms with E-state index in [4.69, 9.17) is 16.3 Å². The maximum Gasteiger partial charge on any atom is 0.453 e. The summed E-state index contributed by atoms with van der Waals surface area (Å²) in [6.45, 7) is 1.08. The fourth-order valence-corrected chi connectivity index (χ4v) is 4.46. The molecule has 1 aromatic carbocycles. The van der Waals surface area contributed by atoms with Crippen LogP contribution >= 0.6 is 11.6 Å². The molecule has 1 aliphatic rings. The minimum absolute atomic E-state index is 0.00334. The lowest BCUT2D eigenvalue weighted by Gasteiger charge is -2.27. The van der Waals surface area contributed by atoms with Crippen LogP contribution in [0.5, 0.6) is 0 Å². The fraction of sp³-hybridized carbons (Fsp3) is 0.269. The number of carbonyl (C=O) groups is 2. The first kappa shape index (κ1) is 31.4. The van der Waals surface area contributed by atoms with Crippen LogP contribution < -0.4 is 10.6 Å². The fourth-order valence-electron chi connectivity index (χ4n) is 4.26. The number of aryl methyl sites for hydroxylation is 1. The summed E-state index contributed by atoms with van der Waals surface area (Å²) < 4.78 is 86.1. The number of rotatable bonds is 7. The molecule has 0 saturated carbocycles. The van der Waals surface area contributed by atoms with E-state index >= 15 is 0 Å². The number of aromatic nitrogens is 6. The molecule has 1 fully saturated rings. The zero-order valence-electron chi connectivity index (χ0n) is 22.7. The van der Waals surface area contributed by atoms with E-state index in [1.807, 2.05) is 6.07 Å². The highest BCUT2D eigenvalue weighted by Crippen LogP contribution is 2.33. The Labute approximate surface area is 253 Å². The smallest absolute Gasteiger partial charge is 0.377 e. The van der Waals surface area contributed by atoms with Crippen molar-refractivity contribution >= 4 is 29.1 Å². The Balaban J connectivity index is 1.56. The molecule has 4 heterocycles. The van der Waals surface area contributed by atoms with Gasteiger partial charge >= 0.3 is 12.4 Å². The highest BCUT2D eigenvalue weighted by molar-refractivity contribution is 6.32. The van der Waals surface area contributed by atoms with E-state index < -0.39 is 42.4 Å². The van der Waals surface area contributed by atoms with Gasteiger partial charge in [0.25, 0.3) is 17.6 Å². The van der Waals surface area contributed by atoms with Crippen molar-refractivity contribution in [3.63, 3.8) is 0 Å². The molecule has 5 rings (SSSR count). The van der Waals surface area contributed by atoms with Crippen LogP contribution in [0.25, 0.3) is 5.82 Å². The van der Waals surface area contributed by atoms with Crippen LogP contribution in [-0.2, 0) is 23.6 Å². The van der Waals surface area contributed by atoms with Crippen molar-refractivity contribution in [3.8, 4) is 11.9 Å². The zero-order chi connectivity index (χ0) is 32.7. The molecule has 2 amide bonds. The van der Waals surface area contributed by atoms with E-state index in [1.165, 1.54) is 37.4 Å². The van der Waals surface area contributed by atoms with E-state index in [9.17, 15) is 41.2 Å². The first-order chi connectivity index (χ1) is 21.2. The average molecular weight is 654 g/mol. The molecule has 2 N–H and O–H groups in total. The number of amides is 2. The van der Waals surface area contributed by atoms with Crippen molar-refractivity contribution in [1.82, 2.24) is 34.8 Å². The Morgan fingerprint density at radius 1 is 1.11 bits per heavy atom. The van der Waals surface area contributed by atoms with Crippen molar-refractivity contribution in [2.45, 2.75) is 31.9 Å². The van der Waals surface area contributed by atoms with Gasteiger partial charge in [-0.25, -0.2) is 14.3 Å². The number of hydrogen-bond acceptors (Lipinski definition) is 8. The van der Waals surface area contributed by atoms with E-state index in [-0.39, 0.29) is 63.0 Å². The van der Waals surface area contributed by atoms with Crippen molar-refractivity contribution in [1.29, 1.82) is 5.26 Å². The van der Waals surface area contributed by atoms with E-state index in [2.05, 4.69) is 30.8 Å². The van der Waals surface area contributed by atoms with Crippen LogP contribution in [0.3, 0.4) is 0 Å². The number of nitrogens with one attached hydrogen (secondary N) is 2. The topological polar surface area (TPSA) is 153 Å². The van der Waals surface area contributed by atoms with Gasteiger partial charge in [-0.3, -0.25) is 9.59 Å². The number of hydrogen-bond donors (Lipinski definition) is 2. The van der Waals surface area contributed by atoms with Crippen molar-refractivity contribution < 1.29 is 40.7 Å². The molecule has 3 aromatic heterocycles. The molecule has 1 saturated heterocycles. The number of halogens is 7. The van der Waals surface area contributed by atoms with Gasteiger partial charge in [0.2, 0.25) is 5.82 Å². The summed E-state index contributed by atoms with van der Waals surface area (Å²) in [5, 5.41) is 21.7. The summed E-state index contributed by atoms with van der Waals surface area (Å²) in [6, 6.07) is 8.16. The monoisotopic (exact) mass is 653 g/mol. The molecule has 1 aliphatic heterocycles. The summed E-state index contributed by atoms with van der Waals surface area (Å²) >= 11 is 6.25. The number of benzene rings is 1. The van der Waals surface area contributed by atoms with Gasteiger partial charge < -0.3 is 15.4 Å². The van der Waals surface area contributed by atoms with Gasteiger partial charge in [0, 0.05) is 6.20 Å². The van der Waals surface area contributed by atoms with Crippen molar-refractivity contribution in [2.75, 3.05) is 18.5 Å². The molecular formula is C26H18ClF6N9O3. The van der Waals surface area contributed by atoms with Crippen LogP contribution in [-0.4, -0.2) is 60.6 Å². The molecule has 12 nitrogen and oxygen atoms in total. The summed E-state index contributed by atoms with van der Waals surface area (Å²) in [5.74, 6) is -5.66. The lowest BCUT2D eigenvalue weighted by Crippen LogP contribution is -2.48. The highest BCUT2D eigenvalue weighted by Gasteiger charge is 2.44. The summed E-state index contributed by atoms with van der Waals surface area (Å²) in [7, 11) is 0. The molecule has 0 atom stereocenters. The van der Waals surface area contributed by atoms with Crippen LogP contribution in [0.15, 0.2) is 36.5 Å². The Kier molecular flexibility index (Phi) is 8.25. The normalized spacial score (nSPS) is 13.7. The number of nitriles is 1. The van der Waals surface area contributed by atoms with Gasteiger partial charge in [0.05, 0.1) is 59.4 Å². The molecule has 0 spiro atoms. The number of anilines is 1. The average Bonchev–Trinajstić information content (AvgIpc) is 3.57. The summed E-state index contributed by atoms with van der Waals surface area (Å²) in [5.41, 5.74) is -0.325. The second-order valence-corrected chi connectivity index (χ2v) is 10.1. The number of alkyl halides is 6. The summed E-state index contributed by atoms with van der Waals surface area (Å²) in [4.78, 5) is 33.4. The van der Waals surface area contributed by atoms with Gasteiger partial charge in [-0.05, 0) is 42.8 Å². The number of ether oxygens (including phenoxy) is 1.